The summed E-state index contributed by atoms with van der Waals surface area (Å²) in [5.74, 6) is 0.251. The molecule has 0 fully saturated rings. The van der Waals surface area contributed by atoms with Gasteiger partial charge in [0, 0.05) is 19.2 Å². The molecule has 0 aliphatic heterocycles. The molecule has 0 radical (unpaired) electrons. The Morgan fingerprint density at radius 3 is 2.88 bits per heavy atom. The van der Waals surface area contributed by atoms with Crippen molar-refractivity contribution >= 4 is 17.2 Å². The minimum atomic E-state index is -0.499. The smallest absolute Gasteiger partial charge is 0.313 e. The highest BCUT2D eigenvalue weighted by Gasteiger charge is 2.14. The summed E-state index contributed by atoms with van der Waals surface area (Å²) in [4.78, 5) is 16.1. The predicted octanol–water partition coefficient (Wildman–Crippen LogP) is 0.545. The summed E-state index contributed by atoms with van der Waals surface area (Å²) in [6.07, 6.45) is 1.39. The van der Waals surface area contributed by atoms with Crippen molar-refractivity contribution in [1.82, 2.24) is 9.88 Å². The number of hydrogen-bond donors (Lipinski definition) is 2. The van der Waals surface area contributed by atoms with Crippen LogP contribution in [0.5, 0.6) is 0 Å². The minimum absolute atomic E-state index is 0.0984. The first-order chi connectivity index (χ1) is 7.50. The second-order valence-corrected chi connectivity index (χ2v) is 3.62. The van der Waals surface area contributed by atoms with E-state index in [4.69, 9.17) is 5.73 Å². The number of nitrogens with one attached hydrogen (secondary N) is 1. The van der Waals surface area contributed by atoms with Gasteiger partial charge in [-0.2, -0.15) is 0 Å². The number of aromatic nitrogens is 1. The lowest BCUT2D eigenvalue weighted by Crippen LogP contribution is -2.21. The minimum Gasteiger partial charge on any atom is -0.397 e. The molecule has 0 aliphatic carbocycles. The molecule has 0 aromatic carbocycles. The van der Waals surface area contributed by atoms with Gasteiger partial charge < -0.3 is 16.0 Å². The van der Waals surface area contributed by atoms with Crippen molar-refractivity contribution in [2.45, 2.75) is 0 Å². The molecule has 0 spiro atoms. The van der Waals surface area contributed by atoms with Gasteiger partial charge in [-0.05, 0) is 14.1 Å². The number of hydrogen-bond acceptors (Lipinski definition) is 6. The predicted molar refractivity (Wildman–Crippen MR) is 62.3 cm³/mol. The van der Waals surface area contributed by atoms with Gasteiger partial charge in [0.15, 0.2) is 0 Å². The van der Waals surface area contributed by atoms with Crippen LogP contribution in [0.3, 0.4) is 0 Å². The van der Waals surface area contributed by atoms with Crippen molar-refractivity contribution in [3.63, 3.8) is 0 Å². The first kappa shape index (κ1) is 12.2. The molecule has 1 heterocycles. The Kier molecular flexibility index (Phi) is 4.01. The first-order valence-corrected chi connectivity index (χ1v) is 4.79. The average Bonchev–Trinajstić information content (AvgIpc) is 2.19. The zero-order valence-electron chi connectivity index (χ0n) is 9.30. The summed E-state index contributed by atoms with van der Waals surface area (Å²) >= 11 is 0. The van der Waals surface area contributed by atoms with E-state index in [1.54, 1.807) is 0 Å². The van der Waals surface area contributed by atoms with Gasteiger partial charge >= 0.3 is 5.69 Å². The lowest BCUT2D eigenvalue weighted by molar-refractivity contribution is -0.384. The van der Waals surface area contributed by atoms with E-state index < -0.39 is 4.92 Å². The third-order valence-corrected chi connectivity index (χ3v) is 1.94. The Balaban J connectivity index is 2.75. The Morgan fingerprint density at radius 1 is 1.62 bits per heavy atom. The van der Waals surface area contributed by atoms with E-state index in [9.17, 15) is 10.1 Å². The highest BCUT2D eigenvalue weighted by molar-refractivity contribution is 5.61. The van der Waals surface area contributed by atoms with Crippen LogP contribution in [-0.2, 0) is 0 Å². The lowest BCUT2D eigenvalue weighted by atomic mass is 10.3. The van der Waals surface area contributed by atoms with Gasteiger partial charge in [-0.15, -0.1) is 0 Å². The number of anilines is 2. The van der Waals surface area contributed by atoms with Crippen LogP contribution in [0, 0.1) is 10.1 Å². The molecule has 0 atom stereocenters. The topological polar surface area (TPSA) is 97.3 Å². The van der Waals surface area contributed by atoms with Crippen molar-refractivity contribution in [2.75, 3.05) is 38.2 Å². The molecule has 3 N–H and O–H groups in total. The van der Waals surface area contributed by atoms with E-state index >= 15 is 0 Å². The Labute approximate surface area is 93.4 Å². The second kappa shape index (κ2) is 5.26. The van der Waals surface area contributed by atoms with Gasteiger partial charge in [0.1, 0.15) is 0 Å². The van der Waals surface area contributed by atoms with Crippen molar-refractivity contribution in [2.24, 2.45) is 0 Å². The number of nitro groups is 1. The van der Waals surface area contributed by atoms with Crippen LogP contribution in [0.15, 0.2) is 12.3 Å². The molecule has 0 bridgehead atoms. The maximum absolute atomic E-state index is 10.7. The van der Waals surface area contributed by atoms with Crippen LogP contribution in [-0.4, -0.2) is 42.0 Å². The summed E-state index contributed by atoms with van der Waals surface area (Å²) in [5.41, 5.74) is 5.62. The van der Waals surface area contributed by atoms with Crippen LogP contribution in [0.1, 0.15) is 0 Å². The van der Waals surface area contributed by atoms with Gasteiger partial charge in [-0.1, -0.05) is 0 Å². The average molecular weight is 225 g/mol. The molecular weight excluding hydrogens is 210 g/mol. The van der Waals surface area contributed by atoms with E-state index in [-0.39, 0.29) is 17.2 Å². The number of nitrogen functional groups attached to an aromatic ring is 1. The molecule has 16 heavy (non-hydrogen) atoms. The number of nitrogens with zero attached hydrogens (tertiary/aromatic N) is 3. The largest absolute Gasteiger partial charge is 0.397 e. The number of likely N-dealkylation sites (N-methyl/N-ethyl adjacent to an activating group) is 1. The zero-order valence-corrected chi connectivity index (χ0v) is 9.30. The van der Waals surface area contributed by atoms with Crippen molar-refractivity contribution in [3.05, 3.63) is 22.4 Å². The molecule has 0 saturated heterocycles. The van der Waals surface area contributed by atoms with Gasteiger partial charge in [-0.3, -0.25) is 10.1 Å². The summed E-state index contributed by atoms with van der Waals surface area (Å²) in [5, 5.41) is 13.6. The van der Waals surface area contributed by atoms with E-state index in [0.717, 1.165) is 6.54 Å². The van der Waals surface area contributed by atoms with Crippen LogP contribution in [0.25, 0.3) is 0 Å². The van der Waals surface area contributed by atoms with E-state index in [0.29, 0.717) is 6.54 Å². The molecular formula is C9H15N5O2. The first-order valence-electron chi connectivity index (χ1n) is 4.79. The number of rotatable bonds is 5. The fraction of sp³-hybridized carbons (Fsp3) is 0.444. The second-order valence-electron chi connectivity index (χ2n) is 3.62. The van der Waals surface area contributed by atoms with Gasteiger partial charge in [0.05, 0.1) is 16.8 Å². The molecule has 88 valence electrons. The molecule has 0 unspecified atom stereocenters. The van der Waals surface area contributed by atoms with Gasteiger partial charge in [0.2, 0.25) is 5.82 Å². The third-order valence-electron chi connectivity index (χ3n) is 1.94. The van der Waals surface area contributed by atoms with Gasteiger partial charge in [-0.25, -0.2) is 4.98 Å². The van der Waals surface area contributed by atoms with E-state index in [2.05, 4.69) is 10.3 Å². The molecule has 0 saturated carbocycles. The number of nitrogens with two attached hydrogens (primary N) is 1. The molecule has 0 aliphatic rings. The molecule has 7 nitrogen and oxygen atoms in total. The Hall–Kier alpha value is -1.89. The molecule has 1 rings (SSSR count). The quantitative estimate of drug-likeness (QED) is 0.561. The summed E-state index contributed by atoms with van der Waals surface area (Å²) < 4.78 is 0. The van der Waals surface area contributed by atoms with Crippen LogP contribution >= 0.6 is 0 Å². The molecule has 7 heteroatoms. The highest BCUT2D eigenvalue weighted by Crippen LogP contribution is 2.23. The summed E-state index contributed by atoms with van der Waals surface area (Å²) in [6, 6.07) is 1.30. The van der Waals surface area contributed by atoms with Crippen molar-refractivity contribution in [1.29, 1.82) is 0 Å². The van der Waals surface area contributed by atoms with Crippen molar-refractivity contribution in [3.8, 4) is 0 Å². The fourth-order valence-corrected chi connectivity index (χ4v) is 1.14. The summed E-state index contributed by atoms with van der Waals surface area (Å²) in [6.45, 7) is 1.36. The number of pyridine rings is 1. The van der Waals surface area contributed by atoms with Crippen LogP contribution in [0.4, 0.5) is 17.2 Å². The lowest BCUT2D eigenvalue weighted by Gasteiger charge is -2.10. The Morgan fingerprint density at radius 2 is 2.31 bits per heavy atom. The maximum Gasteiger partial charge on any atom is 0.313 e. The van der Waals surface area contributed by atoms with Crippen LogP contribution < -0.4 is 11.1 Å². The monoisotopic (exact) mass is 225 g/mol. The van der Waals surface area contributed by atoms with Crippen molar-refractivity contribution < 1.29 is 4.92 Å². The zero-order chi connectivity index (χ0) is 12.1. The van der Waals surface area contributed by atoms with Gasteiger partial charge in [0.25, 0.3) is 0 Å². The molecule has 1 aromatic rings. The fourth-order valence-electron chi connectivity index (χ4n) is 1.14. The molecule has 0 amide bonds. The summed E-state index contributed by atoms with van der Waals surface area (Å²) in [7, 11) is 3.85. The maximum atomic E-state index is 10.7. The molecule has 1 aromatic heterocycles. The SMILES string of the molecule is CN(C)CCNc1ncc(N)cc1[N+](=O)[O-]. The van der Waals surface area contributed by atoms with Crippen LogP contribution in [0.2, 0.25) is 0 Å². The Bertz CT molecular complexity index is 380. The standard InChI is InChI=1S/C9H15N5O2/c1-13(2)4-3-11-9-8(14(15)16)5-7(10)6-12-9/h5-6H,3-4,10H2,1-2H3,(H,11,12). The van der Waals surface area contributed by atoms with E-state index in [1.807, 2.05) is 19.0 Å². The highest BCUT2D eigenvalue weighted by atomic mass is 16.6. The normalized spacial score (nSPS) is 10.4. The third kappa shape index (κ3) is 3.35. The van der Waals surface area contributed by atoms with E-state index in [1.165, 1.54) is 12.3 Å².